The number of nitrogens with zero attached hydrogens (tertiary/aromatic N) is 5. The summed E-state index contributed by atoms with van der Waals surface area (Å²) in [7, 11) is 0. The number of rotatable bonds is 8. The van der Waals surface area contributed by atoms with Crippen molar-refractivity contribution in [1.29, 1.82) is 0 Å². The smallest absolute Gasteiger partial charge is 0.250 e. The molecule has 3 aromatic carbocycles. The maximum absolute atomic E-state index is 6.27. The fourth-order valence-electron chi connectivity index (χ4n) is 3.44. The van der Waals surface area contributed by atoms with Crippen molar-refractivity contribution in [2.75, 3.05) is 28.7 Å². The van der Waals surface area contributed by atoms with Crippen LogP contribution >= 0.6 is 11.6 Å². The Morgan fingerprint density at radius 2 is 1.70 bits per heavy atom. The van der Waals surface area contributed by atoms with Crippen LogP contribution in [0.2, 0.25) is 5.02 Å². The van der Waals surface area contributed by atoms with E-state index in [1.807, 2.05) is 49.4 Å². The largest absolute Gasteiger partial charge is 0.341 e. The van der Waals surface area contributed by atoms with Gasteiger partial charge in [-0.15, -0.1) is 0 Å². The standard InChI is InChI=1S/C25H26ClN7/c1-4-33(5-2)25-30-23(28-20-14-13-17(3)22(26)15-20)29-24(31-25)32-27-16-19-11-8-10-18-9-6-7-12-21(18)19/h6-16H,4-5H2,1-3H3,(H2,28,29,30,31,32)/b27-16+. The van der Waals surface area contributed by atoms with Gasteiger partial charge in [-0.25, -0.2) is 5.43 Å². The zero-order valence-corrected chi connectivity index (χ0v) is 19.6. The Labute approximate surface area is 198 Å². The molecular formula is C25H26ClN7. The molecule has 0 aliphatic rings. The first kappa shape index (κ1) is 22.5. The maximum Gasteiger partial charge on any atom is 0.250 e. The SMILES string of the molecule is CCN(CC)c1nc(N/N=C/c2cccc3ccccc23)nc(Nc2ccc(C)c(Cl)c2)n1. The van der Waals surface area contributed by atoms with Gasteiger partial charge in [0.1, 0.15) is 0 Å². The third-order valence-electron chi connectivity index (χ3n) is 5.29. The fraction of sp³-hybridized carbons (Fsp3) is 0.200. The van der Waals surface area contributed by atoms with Crippen LogP contribution in [0.25, 0.3) is 10.8 Å². The van der Waals surface area contributed by atoms with Crippen LogP contribution in [0.15, 0.2) is 65.8 Å². The average molecular weight is 460 g/mol. The van der Waals surface area contributed by atoms with Crippen LogP contribution in [0.1, 0.15) is 25.0 Å². The van der Waals surface area contributed by atoms with Crippen LogP contribution in [0.3, 0.4) is 0 Å². The summed E-state index contributed by atoms with van der Waals surface area (Å²) in [5.74, 6) is 1.33. The van der Waals surface area contributed by atoms with Gasteiger partial charge in [-0.1, -0.05) is 60.1 Å². The van der Waals surface area contributed by atoms with E-state index in [4.69, 9.17) is 11.6 Å². The van der Waals surface area contributed by atoms with E-state index in [2.05, 4.69) is 67.7 Å². The Hall–Kier alpha value is -3.71. The molecule has 0 bridgehead atoms. The van der Waals surface area contributed by atoms with Crippen molar-refractivity contribution in [1.82, 2.24) is 15.0 Å². The first-order chi connectivity index (χ1) is 16.1. The second-order valence-electron chi connectivity index (χ2n) is 7.48. The van der Waals surface area contributed by atoms with E-state index in [1.54, 1.807) is 6.21 Å². The lowest BCUT2D eigenvalue weighted by atomic mass is 10.1. The molecule has 4 rings (SSSR count). The molecule has 168 valence electrons. The van der Waals surface area contributed by atoms with Crippen LogP contribution < -0.4 is 15.6 Å². The van der Waals surface area contributed by atoms with Gasteiger partial charge in [0.2, 0.25) is 17.8 Å². The molecule has 0 saturated heterocycles. The molecule has 0 atom stereocenters. The Morgan fingerprint density at radius 3 is 2.48 bits per heavy atom. The van der Waals surface area contributed by atoms with Crippen molar-refractivity contribution in [2.24, 2.45) is 5.10 Å². The third kappa shape index (κ3) is 5.38. The predicted molar refractivity (Wildman–Crippen MR) is 138 cm³/mol. The number of hydrogen-bond acceptors (Lipinski definition) is 7. The monoisotopic (exact) mass is 459 g/mol. The van der Waals surface area contributed by atoms with Crippen molar-refractivity contribution in [3.05, 3.63) is 76.8 Å². The number of hydrogen-bond donors (Lipinski definition) is 2. The highest BCUT2D eigenvalue weighted by Gasteiger charge is 2.12. The zero-order valence-electron chi connectivity index (χ0n) is 18.9. The Kier molecular flexibility index (Phi) is 7.00. The molecule has 0 saturated carbocycles. The van der Waals surface area contributed by atoms with E-state index in [0.29, 0.717) is 22.9 Å². The van der Waals surface area contributed by atoms with Crippen molar-refractivity contribution in [3.63, 3.8) is 0 Å². The molecule has 7 nitrogen and oxygen atoms in total. The maximum atomic E-state index is 6.27. The van der Waals surface area contributed by atoms with E-state index in [9.17, 15) is 0 Å². The minimum atomic E-state index is 0.351. The summed E-state index contributed by atoms with van der Waals surface area (Å²) in [4.78, 5) is 15.7. The number of nitrogens with one attached hydrogen (secondary N) is 2. The van der Waals surface area contributed by atoms with E-state index in [0.717, 1.165) is 40.7 Å². The topological polar surface area (TPSA) is 78.3 Å². The molecule has 2 N–H and O–H groups in total. The lowest BCUT2D eigenvalue weighted by molar-refractivity contribution is 0.814. The second-order valence-corrected chi connectivity index (χ2v) is 7.89. The summed E-state index contributed by atoms with van der Waals surface area (Å²) in [6.45, 7) is 7.63. The first-order valence-corrected chi connectivity index (χ1v) is 11.3. The van der Waals surface area contributed by atoms with Gasteiger partial charge in [-0.2, -0.15) is 20.1 Å². The van der Waals surface area contributed by atoms with Crippen molar-refractivity contribution in [3.8, 4) is 0 Å². The molecule has 0 aliphatic heterocycles. The molecule has 1 heterocycles. The number of hydrazone groups is 1. The number of aromatic nitrogens is 3. The number of halogens is 1. The summed E-state index contributed by atoms with van der Waals surface area (Å²) in [6, 6.07) is 20.1. The Balaban J connectivity index is 1.62. The van der Waals surface area contributed by atoms with Gasteiger partial charge < -0.3 is 10.2 Å². The van der Waals surface area contributed by atoms with Gasteiger partial charge in [0.05, 0.1) is 6.21 Å². The lowest BCUT2D eigenvalue weighted by Crippen LogP contribution is -2.25. The fourth-order valence-corrected chi connectivity index (χ4v) is 3.62. The molecule has 0 aliphatic carbocycles. The van der Waals surface area contributed by atoms with Crippen molar-refractivity contribution in [2.45, 2.75) is 20.8 Å². The van der Waals surface area contributed by atoms with Crippen molar-refractivity contribution >= 4 is 52.1 Å². The van der Waals surface area contributed by atoms with Gasteiger partial charge in [0.25, 0.3) is 0 Å². The predicted octanol–water partition coefficient (Wildman–Crippen LogP) is 6.02. The lowest BCUT2D eigenvalue weighted by Gasteiger charge is -2.19. The molecule has 0 unspecified atom stereocenters. The zero-order chi connectivity index (χ0) is 23.2. The van der Waals surface area contributed by atoms with Crippen LogP contribution in [0.5, 0.6) is 0 Å². The highest BCUT2D eigenvalue weighted by molar-refractivity contribution is 6.31. The number of benzene rings is 3. The highest BCUT2D eigenvalue weighted by Crippen LogP contribution is 2.23. The number of aryl methyl sites for hydroxylation is 1. The molecule has 4 aromatic rings. The van der Waals surface area contributed by atoms with Gasteiger partial charge >= 0.3 is 0 Å². The molecule has 33 heavy (non-hydrogen) atoms. The van der Waals surface area contributed by atoms with Crippen LogP contribution in [0.4, 0.5) is 23.5 Å². The normalized spacial score (nSPS) is 11.2. The highest BCUT2D eigenvalue weighted by atomic mass is 35.5. The van der Waals surface area contributed by atoms with Gasteiger partial charge in [0, 0.05) is 29.4 Å². The average Bonchev–Trinajstić information content (AvgIpc) is 2.82. The molecule has 0 radical (unpaired) electrons. The summed E-state index contributed by atoms with van der Waals surface area (Å²) in [5, 5.41) is 10.6. The van der Waals surface area contributed by atoms with Gasteiger partial charge in [-0.05, 0) is 49.2 Å². The van der Waals surface area contributed by atoms with Crippen LogP contribution in [-0.4, -0.2) is 34.3 Å². The molecule has 1 aromatic heterocycles. The molecule has 8 heteroatoms. The van der Waals surface area contributed by atoms with Crippen LogP contribution in [0, 0.1) is 6.92 Å². The van der Waals surface area contributed by atoms with Gasteiger partial charge in [-0.3, -0.25) is 0 Å². The van der Waals surface area contributed by atoms with E-state index in [-0.39, 0.29) is 0 Å². The molecule has 0 fully saturated rings. The quantitative estimate of drug-likeness (QED) is 0.247. The summed E-state index contributed by atoms with van der Waals surface area (Å²) < 4.78 is 0. The second kappa shape index (κ2) is 10.3. The molecule has 0 spiro atoms. The van der Waals surface area contributed by atoms with E-state index in [1.165, 1.54) is 0 Å². The molecule has 0 amide bonds. The van der Waals surface area contributed by atoms with E-state index < -0.39 is 0 Å². The summed E-state index contributed by atoms with van der Waals surface area (Å²) in [6.07, 6.45) is 1.77. The minimum Gasteiger partial charge on any atom is -0.341 e. The first-order valence-electron chi connectivity index (χ1n) is 10.9. The third-order valence-corrected chi connectivity index (χ3v) is 5.70. The van der Waals surface area contributed by atoms with E-state index >= 15 is 0 Å². The summed E-state index contributed by atoms with van der Waals surface area (Å²) in [5.41, 5.74) is 5.77. The number of anilines is 4. The minimum absolute atomic E-state index is 0.351. The Bertz CT molecular complexity index is 1280. The summed E-state index contributed by atoms with van der Waals surface area (Å²) >= 11 is 6.27. The van der Waals surface area contributed by atoms with Gasteiger partial charge in [0.15, 0.2) is 0 Å². The number of fused-ring (bicyclic) bond motifs is 1. The Morgan fingerprint density at radius 1 is 0.939 bits per heavy atom. The molecular weight excluding hydrogens is 434 g/mol. The van der Waals surface area contributed by atoms with Crippen molar-refractivity contribution < 1.29 is 0 Å². The van der Waals surface area contributed by atoms with Crippen LogP contribution in [-0.2, 0) is 0 Å².